The Morgan fingerprint density at radius 1 is 1.30 bits per heavy atom. The molecule has 0 saturated carbocycles. The van der Waals surface area contributed by atoms with Crippen LogP contribution in [0.4, 0.5) is 13.6 Å². The number of morpholine rings is 1. The number of aryl methyl sites for hydroxylation is 1. The fourth-order valence-electron chi connectivity index (χ4n) is 4.10. The Morgan fingerprint density at radius 2 is 2.03 bits per heavy atom. The third-order valence-corrected chi connectivity index (χ3v) is 5.66. The first-order valence-electron chi connectivity index (χ1n) is 10.5. The molecule has 0 bridgehead atoms. The van der Waals surface area contributed by atoms with Crippen molar-refractivity contribution in [3.05, 3.63) is 52.7 Å². The summed E-state index contributed by atoms with van der Waals surface area (Å²) in [5, 5.41) is 2.36. The number of nitrogens with zero attached hydrogens (tertiary/aromatic N) is 2. The van der Waals surface area contributed by atoms with Crippen LogP contribution in [-0.4, -0.2) is 66.8 Å². The van der Waals surface area contributed by atoms with Crippen LogP contribution >= 0.6 is 0 Å². The molecule has 174 valence electrons. The van der Waals surface area contributed by atoms with Gasteiger partial charge in [0.1, 0.15) is 11.6 Å². The lowest BCUT2D eigenvalue weighted by molar-refractivity contribution is -0.0235. The summed E-state index contributed by atoms with van der Waals surface area (Å²) in [6, 6.07) is 3.84. The Kier molecular flexibility index (Phi) is 6.28. The molecule has 1 saturated heterocycles. The minimum atomic E-state index is -0.876. The molecule has 0 spiro atoms. The first kappa shape index (κ1) is 22.7. The highest BCUT2D eigenvalue weighted by atomic mass is 19.1. The summed E-state index contributed by atoms with van der Waals surface area (Å²) in [7, 11) is 2.70. The molecule has 3 aromatic rings. The van der Waals surface area contributed by atoms with Crippen molar-refractivity contribution in [2.45, 2.75) is 19.4 Å². The molecular formula is C23H24F2N4O4. The minimum absolute atomic E-state index is 0.118. The number of benzene rings is 1. The third-order valence-electron chi connectivity index (χ3n) is 5.66. The molecule has 0 aliphatic carbocycles. The van der Waals surface area contributed by atoms with E-state index in [0.717, 1.165) is 17.7 Å². The van der Waals surface area contributed by atoms with E-state index in [2.05, 4.69) is 15.3 Å². The van der Waals surface area contributed by atoms with Crippen molar-refractivity contribution in [2.75, 3.05) is 33.9 Å². The van der Waals surface area contributed by atoms with E-state index in [1.54, 1.807) is 6.20 Å². The number of amides is 2. The predicted octanol–water partition coefficient (Wildman–Crippen LogP) is 3.19. The molecule has 1 fully saturated rings. The maximum Gasteiger partial charge on any atom is 0.409 e. The lowest BCUT2D eigenvalue weighted by atomic mass is 9.99. The molecule has 8 nitrogen and oxygen atoms in total. The average Bonchev–Trinajstić information content (AvgIpc) is 3.14. The Morgan fingerprint density at radius 3 is 2.70 bits per heavy atom. The summed E-state index contributed by atoms with van der Waals surface area (Å²) < 4.78 is 40.9. The first-order valence-corrected chi connectivity index (χ1v) is 10.5. The van der Waals surface area contributed by atoms with Gasteiger partial charge in [0.2, 0.25) is 0 Å². The summed E-state index contributed by atoms with van der Waals surface area (Å²) in [6.45, 7) is 2.84. The molecule has 1 atom stereocenters. The topological polar surface area (TPSA) is 96.6 Å². The fraction of sp³-hybridized carbons (Fsp3) is 0.348. The maximum atomic E-state index is 15.1. The number of rotatable bonds is 4. The lowest BCUT2D eigenvalue weighted by Gasteiger charge is -2.32. The van der Waals surface area contributed by atoms with Gasteiger partial charge >= 0.3 is 6.09 Å². The van der Waals surface area contributed by atoms with Crippen molar-refractivity contribution >= 4 is 23.0 Å². The molecular weight excluding hydrogens is 434 g/mol. The molecule has 1 aliphatic heterocycles. The molecule has 33 heavy (non-hydrogen) atoms. The van der Waals surface area contributed by atoms with Gasteiger partial charge in [0.05, 0.1) is 48.7 Å². The van der Waals surface area contributed by atoms with E-state index in [1.165, 1.54) is 19.1 Å². The second-order valence-electron chi connectivity index (χ2n) is 7.89. The number of aromatic nitrogens is 2. The molecule has 2 amide bonds. The predicted molar refractivity (Wildman–Crippen MR) is 117 cm³/mol. The van der Waals surface area contributed by atoms with E-state index < -0.39 is 29.7 Å². The number of nitrogens with one attached hydrogen (secondary N) is 2. The number of fused-ring (bicyclic) bond motifs is 1. The summed E-state index contributed by atoms with van der Waals surface area (Å²) in [4.78, 5) is 32.9. The van der Waals surface area contributed by atoms with Crippen LogP contribution in [0.5, 0.6) is 0 Å². The number of aromatic amines is 1. The number of hydrogen-bond donors (Lipinski definition) is 2. The van der Waals surface area contributed by atoms with E-state index in [-0.39, 0.29) is 29.8 Å². The van der Waals surface area contributed by atoms with Crippen LogP contribution in [-0.2, 0) is 15.9 Å². The molecule has 3 heterocycles. The molecule has 2 N–H and O–H groups in total. The molecule has 1 aliphatic rings. The third kappa shape index (κ3) is 4.38. The number of methoxy groups -OCH3 is 1. The second-order valence-corrected chi connectivity index (χ2v) is 7.89. The van der Waals surface area contributed by atoms with Gasteiger partial charge in [-0.1, -0.05) is 0 Å². The summed E-state index contributed by atoms with van der Waals surface area (Å²) in [6.07, 6.45) is 1.05. The van der Waals surface area contributed by atoms with Crippen molar-refractivity contribution in [3.63, 3.8) is 0 Å². The van der Waals surface area contributed by atoms with Crippen LogP contribution < -0.4 is 5.32 Å². The van der Waals surface area contributed by atoms with Crippen LogP contribution in [0.2, 0.25) is 0 Å². The highest BCUT2D eigenvalue weighted by Crippen LogP contribution is 2.35. The van der Waals surface area contributed by atoms with Gasteiger partial charge in [-0.3, -0.25) is 9.78 Å². The van der Waals surface area contributed by atoms with E-state index >= 15 is 8.78 Å². The number of hydrogen-bond acceptors (Lipinski definition) is 5. The van der Waals surface area contributed by atoms with Crippen LogP contribution in [0.3, 0.4) is 0 Å². The molecule has 1 aromatic carbocycles. The van der Waals surface area contributed by atoms with Gasteiger partial charge in [0, 0.05) is 37.3 Å². The van der Waals surface area contributed by atoms with Gasteiger partial charge in [0.25, 0.3) is 5.91 Å². The quantitative estimate of drug-likeness (QED) is 0.626. The number of ether oxygens (including phenoxy) is 2. The summed E-state index contributed by atoms with van der Waals surface area (Å²) in [5.74, 6) is -2.34. The van der Waals surface area contributed by atoms with Crippen LogP contribution in [0.15, 0.2) is 24.4 Å². The van der Waals surface area contributed by atoms with Gasteiger partial charge < -0.3 is 24.7 Å². The Bertz CT molecular complexity index is 1200. The van der Waals surface area contributed by atoms with E-state index in [1.807, 2.05) is 13.0 Å². The van der Waals surface area contributed by atoms with Crippen LogP contribution in [0, 0.1) is 18.6 Å². The zero-order valence-electron chi connectivity index (χ0n) is 18.5. The van der Waals surface area contributed by atoms with Gasteiger partial charge in [-0.15, -0.1) is 0 Å². The lowest BCUT2D eigenvalue weighted by Crippen LogP contribution is -2.46. The van der Waals surface area contributed by atoms with Gasteiger partial charge in [-0.25, -0.2) is 13.6 Å². The van der Waals surface area contributed by atoms with Crippen molar-refractivity contribution in [3.8, 4) is 11.3 Å². The van der Waals surface area contributed by atoms with Gasteiger partial charge in [-0.05, 0) is 30.7 Å². The SMILES string of the molecule is CNC(=O)c1cc(F)c(-c2[nH]c3cc(C)cnc3c2CC2CN(C(=O)OC)CCO2)c(F)c1. The average molecular weight is 458 g/mol. The summed E-state index contributed by atoms with van der Waals surface area (Å²) >= 11 is 0. The highest BCUT2D eigenvalue weighted by Gasteiger charge is 2.29. The monoisotopic (exact) mass is 458 g/mol. The standard InChI is InChI=1S/C23H24F2N4O4/c1-12-6-18-20(27-10-12)15(9-14-11-29(4-5-33-14)23(31)32-3)21(28-18)19-16(24)7-13(8-17(19)25)22(30)26-2/h6-8,10,14,28H,4-5,9,11H2,1-3H3,(H,26,30). The van der Waals surface area contributed by atoms with Crippen LogP contribution in [0.1, 0.15) is 21.5 Å². The smallest absolute Gasteiger partial charge is 0.409 e. The van der Waals surface area contributed by atoms with E-state index in [4.69, 9.17) is 9.47 Å². The Labute approximate surface area is 188 Å². The van der Waals surface area contributed by atoms with Gasteiger partial charge in [-0.2, -0.15) is 0 Å². The largest absolute Gasteiger partial charge is 0.453 e. The molecule has 1 unspecified atom stereocenters. The Balaban J connectivity index is 1.79. The second kappa shape index (κ2) is 9.14. The maximum absolute atomic E-state index is 15.1. The number of carbonyl (C=O) groups is 2. The minimum Gasteiger partial charge on any atom is -0.453 e. The molecule has 10 heteroatoms. The number of carbonyl (C=O) groups excluding carboxylic acids is 2. The zero-order valence-corrected chi connectivity index (χ0v) is 18.5. The fourth-order valence-corrected chi connectivity index (χ4v) is 4.10. The Hall–Kier alpha value is -3.53. The summed E-state index contributed by atoms with van der Waals surface area (Å²) in [5.41, 5.74) is 2.44. The zero-order chi connectivity index (χ0) is 23.7. The van der Waals surface area contributed by atoms with Crippen molar-refractivity contribution in [1.29, 1.82) is 0 Å². The number of H-pyrrole nitrogens is 1. The molecule has 2 aromatic heterocycles. The van der Waals surface area contributed by atoms with E-state index in [0.29, 0.717) is 29.7 Å². The van der Waals surface area contributed by atoms with Crippen molar-refractivity contribution < 1.29 is 27.8 Å². The molecule has 4 rings (SSSR count). The van der Waals surface area contributed by atoms with Crippen molar-refractivity contribution in [2.24, 2.45) is 0 Å². The van der Waals surface area contributed by atoms with Crippen molar-refractivity contribution in [1.82, 2.24) is 20.2 Å². The van der Waals surface area contributed by atoms with Crippen LogP contribution in [0.25, 0.3) is 22.3 Å². The van der Waals surface area contributed by atoms with E-state index in [9.17, 15) is 9.59 Å². The number of halogens is 2. The number of pyridine rings is 1. The van der Waals surface area contributed by atoms with Gasteiger partial charge in [0.15, 0.2) is 0 Å². The molecule has 0 radical (unpaired) electrons. The normalized spacial score (nSPS) is 16.2. The first-order chi connectivity index (χ1) is 15.8. The highest BCUT2D eigenvalue weighted by molar-refractivity contribution is 5.95.